The van der Waals surface area contributed by atoms with Gasteiger partial charge >= 0.3 is 0 Å². The molecule has 0 saturated heterocycles. The lowest BCUT2D eigenvalue weighted by Gasteiger charge is -2.18. The Kier molecular flexibility index (Phi) is 6.37. The van der Waals surface area contributed by atoms with Crippen LogP contribution >= 0.6 is 0 Å². The zero-order valence-electron chi connectivity index (χ0n) is 14.7. The van der Waals surface area contributed by atoms with Crippen molar-refractivity contribution in [3.63, 3.8) is 0 Å². The number of nitro groups is 1. The minimum atomic E-state index is -0.786. The molecule has 0 aromatic heterocycles. The number of nitro benzene ring substituents is 1. The Balaban J connectivity index is 2.18. The molecule has 138 valence electrons. The largest absolute Gasteiger partial charge is 0.497 e. The second-order valence-corrected chi connectivity index (χ2v) is 5.32. The smallest absolute Gasteiger partial charge is 0.271 e. The van der Waals surface area contributed by atoms with Crippen LogP contribution < -0.4 is 19.5 Å². The Labute approximate surface area is 150 Å². The van der Waals surface area contributed by atoms with Crippen molar-refractivity contribution in [2.45, 2.75) is 19.4 Å². The van der Waals surface area contributed by atoms with Gasteiger partial charge in [-0.3, -0.25) is 14.9 Å². The van der Waals surface area contributed by atoms with E-state index in [1.165, 1.54) is 32.4 Å². The van der Waals surface area contributed by atoms with Crippen LogP contribution in [0.2, 0.25) is 0 Å². The van der Waals surface area contributed by atoms with Gasteiger partial charge in [0.15, 0.2) is 6.10 Å². The molecular formula is C18H20N2O6. The fourth-order valence-corrected chi connectivity index (χ4v) is 2.28. The average molecular weight is 360 g/mol. The number of carbonyl (C=O) groups excluding carboxylic acids is 1. The van der Waals surface area contributed by atoms with E-state index in [2.05, 4.69) is 5.32 Å². The van der Waals surface area contributed by atoms with Gasteiger partial charge < -0.3 is 19.5 Å². The summed E-state index contributed by atoms with van der Waals surface area (Å²) in [4.78, 5) is 23.0. The molecule has 8 heteroatoms. The number of anilines is 1. The van der Waals surface area contributed by atoms with E-state index >= 15 is 0 Å². The Morgan fingerprint density at radius 3 is 2.50 bits per heavy atom. The van der Waals surface area contributed by atoms with E-state index in [0.717, 1.165) is 0 Å². The van der Waals surface area contributed by atoms with E-state index in [1.54, 1.807) is 31.2 Å². The van der Waals surface area contributed by atoms with Gasteiger partial charge in [0.05, 0.1) is 24.8 Å². The Morgan fingerprint density at radius 2 is 1.88 bits per heavy atom. The predicted molar refractivity (Wildman–Crippen MR) is 96.0 cm³/mol. The predicted octanol–water partition coefficient (Wildman–Crippen LogP) is 3.41. The number of amides is 1. The molecule has 0 aliphatic heterocycles. The minimum Gasteiger partial charge on any atom is -0.497 e. The van der Waals surface area contributed by atoms with Gasteiger partial charge in [-0.25, -0.2) is 0 Å². The fourth-order valence-electron chi connectivity index (χ4n) is 2.28. The zero-order valence-corrected chi connectivity index (χ0v) is 14.7. The standard InChI is InChI=1S/C18H20N2O6/c1-4-16(26-14-7-5-6-13(11-14)24-2)18(21)19-15-10-12(20(22)23)8-9-17(15)25-3/h5-11,16H,4H2,1-3H3,(H,19,21)/t16-/m0/s1. The van der Waals surface area contributed by atoms with Crippen molar-refractivity contribution in [2.24, 2.45) is 0 Å². The molecular weight excluding hydrogens is 340 g/mol. The van der Waals surface area contributed by atoms with Crippen LogP contribution in [0.5, 0.6) is 17.2 Å². The van der Waals surface area contributed by atoms with Crippen molar-refractivity contribution in [1.29, 1.82) is 0 Å². The molecule has 0 saturated carbocycles. The molecule has 0 bridgehead atoms. The van der Waals surface area contributed by atoms with Crippen LogP contribution in [0.4, 0.5) is 11.4 Å². The third-order valence-electron chi connectivity index (χ3n) is 3.63. The molecule has 0 heterocycles. The molecule has 26 heavy (non-hydrogen) atoms. The van der Waals surface area contributed by atoms with Crippen LogP contribution in [0.1, 0.15) is 13.3 Å². The summed E-state index contributed by atoms with van der Waals surface area (Å²) in [7, 11) is 2.96. The van der Waals surface area contributed by atoms with Crippen molar-refractivity contribution in [3.8, 4) is 17.2 Å². The fraction of sp³-hybridized carbons (Fsp3) is 0.278. The number of rotatable bonds is 8. The summed E-state index contributed by atoms with van der Waals surface area (Å²) in [6, 6.07) is 10.9. The first-order valence-corrected chi connectivity index (χ1v) is 7.92. The van der Waals surface area contributed by atoms with Gasteiger partial charge in [-0.05, 0) is 24.6 Å². The third kappa shape index (κ3) is 4.62. The number of nitrogens with zero attached hydrogens (tertiary/aromatic N) is 1. The zero-order chi connectivity index (χ0) is 19.1. The Hall–Kier alpha value is -3.29. The highest BCUT2D eigenvalue weighted by Crippen LogP contribution is 2.29. The average Bonchev–Trinajstić information content (AvgIpc) is 2.65. The van der Waals surface area contributed by atoms with Crippen LogP contribution in [-0.2, 0) is 4.79 Å². The lowest BCUT2D eigenvalue weighted by molar-refractivity contribution is -0.384. The molecule has 0 radical (unpaired) electrons. The maximum atomic E-state index is 12.6. The van der Waals surface area contributed by atoms with Crippen molar-refractivity contribution >= 4 is 17.3 Å². The summed E-state index contributed by atoms with van der Waals surface area (Å²) in [6.07, 6.45) is -0.383. The molecule has 0 aliphatic carbocycles. The number of hydrogen-bond acceptors (Lipinski definition) is 6. The molecule has 2 rings (SSSR count). The SMILES string of the molecule is CC[C@H](Oc1cccc(OC)c1)C(=O)Nc1cc([N+](=O)[O-])ccc1OC. The second-order valence-electron chi connectivity index (χ2n) is 5.32. The molecule has 1 amide bonds. The van der Waals surface area contributed by atoms with Gasteiger partial charge in [0.1, 0.15) is 17.2 Å². The van der Waals surface area contributed by atoms with Gasteiger partial charge in [0.2, 0.25) is 0 Å². The summed E-state index contributed by atoms with van der Waals surface area (Å²) in [5, 5.41) is 13.6. The van der Waals surface area contributed by atoms with E-state index in [-0.39, 0.29) is 11.4 Å². The molecule has 0 aliphatic rings. The highest BCUT2D eigenvalue weighted by molar-refractivity contribution is 5.96. The first kappa shape index (κ1) is 19.0. The van der Waals surface area contributed by atoms with Gasteiger partial charge in [-0.1, -0.05) is 13.0 Å². The van der Waals surface area contributed by atoms with Crippen LogP contribution in [0, 0.1) is 10.1 Å². The maximum absolute atomic E-state index is 12.6. The molecule has 2 aromatic rings. The molecule has 0 unspecified atom stereocenters. The van der Waals surface area contributed by atoms with Gasteiger partial charge in [0, 0.05) is 18.2 Å². The van der Waals surface area contributed by atoms with Gasteiger partial charge in [-0.15, -0.1) is 0 Å². The van der Waals surface area contributed by atoms with E-state index in [1.807, 2.05) is 0 Å². The van der Waals surface area contributed by atoms with E-state index in [9.17, 15) is 14.9 Å². The van der Waals surface area contributed by atoms with Gasteiger partial charge in [0.25, 0.3) is 11.6 Å². The first-order valence-electron chi connectivity index (χ1n) is 7.92. The molecule has 0 spiro atoms. The normalized spacial score (nSPS) is 11.3. The number of carbonyl (C=O) groups is 1. The molecule has 1 atom stereocenters. The van der Waals surface area contributed by atoms with Crippen LogP contribution in [0.25, 0.3) is 0 Å². The van der Waals surface area contributed by atoms with Crippen molar-refractivity contribution in [3.05, 3.63) is 52.6 Å². The Bertz CT molecular complexity index is 793. The number of methoxy groups -OCH3 is 2. The van der Waals surface area contributed by atoms with Crippen LogP contribution in [-0.4, -0.2) is 31.2 Å². The lowest BCUT2D eigenvalue weighted by atomic mass is 10.2. The Morgan fingerprint density at radius 1 is 1.15 bits per heavy atom. The summed E-state index contributed by atoms with van der Waals surface area (Å²) < 4.78 is 16.0. The highest BCUT2D eigenvalue weighted by atomic mass is 16.6. The highest BCUT2D eigenvalue weighted by Gasteiger charge is 2.21. The second kappa shape index (κ2) is 8.70. The van der Waals surface area contributed by atoms with Crippen LogP contribution in [0.15, 0.2) is 42.5 Å². The number of hydrogen-bond donors (Lipinski definition) is 1. The quantitative estimate of drug-likeness (QED) is 0.572. The van der Waals surface area contributed by atoms with E-state index in [0.29, 0.717) is 23.7 Å². The third-order valence-corrected chi connectivity index (χ3v) is 3.63. The topological polar surface area (TPSA) is 99.9 Å². The number of nitrogens with one attached hydrogen (secondary N) is 1. The lowest BCUT2D eigenvalue weighted by Crippen LogP contribution is -2.32. The molecule has 0 fully saturated rings. The number of non-ortho nitro benzene ring substituents is 1. The number of ether oxygens (including phenoxy) is 3. The monoisotopic (exact) mass is 360 g/mol. The summed E-state index contributed by atoms with van der Waals surface area (Å²) in [5.74, 6) is 0.977. The van der Waals surface area contributed by atoms with Crippen molar-refractivity contribution in [2.75, 3.05) is 19.5 Å². The first-order chi connectivity index (χ1) is 12.5. The summed E-state index contributed by atoms with van der Waals surface area (Å²) >= 11 is 0. The summed E-state index contributed by atoms with van der Waals surface area (Å²) in [5.41, 5.74) is 0.0576. The molecule has 8 nitrogen and oxygen atoms in total. The molecule has 2 aromatic carbocycles. The van der Waals surface area contributed by atoms with Gasteiger partial charge in [-0.2, -0.15) is 0 Å². The number of benzene rings is 2. The maximum Gasteiger partial charge on any atom is 0.271 e. The molecule has 1 N–H and O–H groups in total. The van der Waals surface area contributed by atoms with E-state index < -0.39 is 16.9 Å². The minimum absolute atomic E-state index is 0.150. The summed E-state index contributed by atoms with van der Waals surface area (Å²) in [6.45, 7) is 1.80. The van der Waals surface area contributed by atoms with Crippen molar-refractivity contribution < 1.29 is 23.9 Å². The van der Waals surface area contributed by atoms with Crippen molar-refractivity contribution in [1.82, 2.24) is 0 Å². The van der Waals surface area contributed by atoms with E-state index in [4.69, 9.17) is 14.2 Å². The van der Waals surface area contributed by atoms with Crippen LogP contribution in [0.3, 0.4) is 0 Å².